The summed E-state index contributed by atoms with van der Waals surface area (Å²) in [5.74, 6) is -4.47. The fourth-order valence-electron chi connectivity index (χ4n) is 5.99. The van der Waals surface area contributed by atoms with Gasteiger partial charge in [0.2, 0.25) is 0 Å². The lowest BCUT2D eigenvalue weighted by Gasteiger charge is -2.46. The number of methoxy groups -OCH3 is 2. The van der Waals surface area contributed by atoms with Gasteiger partial charge in [0.05, 0.1) is 13.2 Å². The van der Waals surface area contributed by atoms with E-state index in [0.29, 0.717) is 38.2 Å². The van der Waals surface area contributed by atoms with Crippen molar-refractivity contribution in [2.45, 2.75) is 101 Å². The molecule has 9 nitrogen and oxygen atoms in total. The van der Waals surface area contributed by atoms with Gasteiger partial charge in [-0.15, -0.1) is 5.73 Å². The maximum atomic E-state index is 13.8. The SMILES string of the molecule is CC/C=C/[C@H]1CC[C@H](O)[C@@H]1CC=C=CC([16O]C1CCCCO1)([16O]C1CCCCO1)C(OC)(Oc1ccccc1)C(=O)OC. The molecule has 0 amide bonds. The minimum Gasteiger partial charge on any atom is -0.464 e. The quantitative estimate of drug-likeness (QED) is 0.123. The summed E-state index contributed by atoms with van der Waals surface area (Å²) in [7, 11) is 2.61. The summed E-state index contributed by atoms with van der Waals surface area (Å²) in [5, 5.41) is 10.7. The maximum Gasteiger partial charge on any atom is 0.386 e. The molecule has 2 aliphatic heterocycles. The molecule has 6 atom stereocenters. The Morgan fingerprint density at radius 2 is 1.67 bits per heavy atom. The summed E-state index contributed by atoms with van der Waals surface area (Å²) in [5.41, 5.74) is 3.22. The molecule has 9 heteroatoms. The zero-order valence-electron chi connectivity index (χ0n) is 25.8. The first-order valence-corrected chi connectivity index (χ1v) is 15.7. The van der Waals surface area contributed by atoms with E-state index >= 15 is 0 Å². The van der Waals surface area contributed by atoms with Gasteiger partial charge in [-0.05, 0) is 94.3 Å². The fourth-order valence-corrected chi connectivity index (χ4v) is 5.99. The van der Waals surface area contributed by atoms with Gasteiger partial charge in [-0.2, -0.15) is 0 Å². The molecule has 1 aromatic carbocycles. The molecule has 1 aromatic rings. The van der Waals surface area contributed by atoms with Gasteiger partial charge in [0.15, 0.2) is 12.6 Å². The Balaban J connectivity index is 1.79. The Kier molecular flexibility index (Phi) is 12.9. The van der Waals surface area contributed by atoms with Crippen LogP contribution in [0.25, 0.3) is 0 Å². The van der Waals surface area contributed by atoms with Crippen LogP contribution in [-0.4, -0.2) is 68.8 Å². The molecule has 0 bridgehead atoms. The number of aliphatic hydroxyl groups is 1. The summed E-state index contributed by atoms with van der Waals surface area (Å²) >= 11 is 0. The number of benzene rings is 1. The van der Waals surface area contributed by atoms with E-state index < -0.39 is 36.2 Å². The van der Waals surface area contributed by atoms with Crippen LogP contribution in [0.4, 0.5) is 0 Å². The van der Waals surface area contributed by atoms with Crippen molar-refractivity contribution in [3.05, 3.63) is 60.4 Å². The summed E-state index contributed by atoms with van der Waals surface area (Å²) in [6.45, 7) is 3.11. The molecule has 1 N–H and O–H groups in total. The number of hydrogen-bond acceptors (Lipinski definition) is 9. The summed E-state index contributed by atoms with van der Waals surface area (Å²) in [6.07, 6.45) is 13.8. The van der Waals surface area contributed by atoms with Crippen LogP contribution in [0.2, 0.25) is 0 Å². The molecule has 0 spiro atoms. The molecule has 1 aliphatic carbocycles. The molecule has 43 heavy (non-hydrogen) atoms. The highest BCUT2D eigenvalue weighted by atomic mass is 16.9. The van der Waals surface area contributed by atoms with E-state index in [2.05, 4.69) is 24.8 Å². The number of carbonyl (C=O) groups is 1. The lowest BCUT2D eigenvalue weighted by molar-refractivity contribution is -0.414. The maximum absolute atomic E-state index is 13.8. The number of carbonyl (C=O) groups excluding carboxylic acids is 1. The Labute approximate surface area is 255 Å². The second kappa shape index (κ2) is 16.5. The summed E-state index contributed by atoms with van der Waals surface area (Å²) < 4.78 is 42.8. The minimum absolute atomic E-state index is 0.0525. The standard InChI is InChI=1S/C34H48O9/c1-4-5-15-26-21-22-29(35)28(26)18-9-12-23-33(42-30-19-10-13-24-39-30,43-31-20-11-14-25-40-31)34(38-3,32(36)37-2)41-27-16-7-6-8-17-27/h5-9,15-17,23,26,28-31,35H,4,10-11,13-14,18-22,24-25H2,1-3H3/b15-5+/t12?,26-,28+,29-,30?,31?,33?,34?/m0/s1/i42+0,43+0. The normalized spacial score (nSPS) is 28.8. The average molecular weight is 601 g/mol. The Morgan fingerprint density at radius 1 is 1.00 bits per heavy atom. The third-order valence-electron chi connectivity index (χ3n) is 8.33. The number of rotatable bonds is 14. The van der Waals surface area contributed by atoms with Crippen molar-refractivity contribution in [1.29, 1.82) is 0 Å². The van der Waals surface area contributed by atoms with E-state index in [4.69, 9.17) is 33.2 Å². The monoisotopic (exact) mass is 600 g/mol. The van der Waals surface area contributed by atoms with E-state index in [9.17, 15) is 9.90 Å². The average Bonchev–Trinajstić information content (AvgIpc) is 3.40. The molecular formula is C34H48O9. The summed E-state index contributed by atoms with van der Waals surface area (Å²) in [4.78, 5) is 13.8. The van der Waals surface area contributed by atoms with Gasteiger partial charge in [0.25, 0.3) is 5.79 Å². The van der Waals surface area contributed by atoms with Crippen molar-refractivity contribution < 1.29 is 43.1 Å². The zero-order valence-corrected chi connectivity index (χ0v) is 25.8. The first-order valence-electron chi connectivity index (χ1n) is 15.7. The van der Waals surface area contributed by atoms with Gasteiger partial charge in [0.1, 0.15) is 5.75 Å². The molecule has 0 radical (unpaired) electrons. The smallest absolute Gasteiger partial charge is 0.386 e. The van der Waals surface area contributed by atoms with Crippen molar-refractivity contribution in [3.63, 3.8) is 0 Å². The first-order chi connectivity index (χ1) is 21.0. The fraction of sp³-hybridized carbons (Fsp3) is 0.647. The Bertz CT molecular complexity index is 1050. The van der Waals surface area contributed by atoms with Crippen LogP contribution in [0.15, 0.2) is 60.4 Å². The van der Waals surface area contributed by atoms with Crippen LogP contribution in [-0.2, 0) is 33.2 Å². The van der Waals surface area contributed by atoms with E-state index in [1.807, 2.05) is 12.1 Å². The lowest BCUT2D eigenvalue weighted by Crippen LogP contribution is -2.68. The predicted octanol–water partition coefficient (Wildman–Crippen LogP) is 5.82. The predicted molar refractivity (Wildman–Crippen MR) is 160 cm³/mol. The van der Waals surface area contributed by atoms with Crippen LogP contribution < -0.4 is 4.74 Å². The van der Waals surface area contributed by atoms with Gasteiger partial charge >= 0.3 is 11.8 Å². The van der Waals surface area contributed by atoms with Gasteiger partial charge in [-0.25, -0.2) is 4.79 Å². The van der Waals surface area contributed by atoms with Crippen molar-refractivity contribution >= 4 is 5.97 Å². The minimum atomic E-state index is -2.26. The summed E-state index contributed by atoms with van der Waals surface area (Å²) in [6, 6.07) is 8.84. The molecular weight excluding hydrogens is 552 g/mol. The van der Waals surface area contributed by atoms with Gasteiger partial charge < -0.3 is 38.3 Å². The number of aliphatic hydroxyl groups excluding tert-OH is 1. The third kappa shape index (κ3) is 8.37. The Morgan fingerprint density at radius 3 is 2.23 bits per heavy atom. The van der Waals surface area contributed by atoms with E-state index in [1.54, 1.807) is 24.3 Å². The molecule has 3 aliphatic rings. The number of para-hydroxylation sites is 1. The van der Waals surface area contributed by atoms with Crippen molar-refractivity contribution in [2.75, 3.05) is 27.4 Å². The molecule has 3 fully saturated rings. The van der Waals surface area contributed by atoms with E-state index in [1.165, 1.54) is 20.3 Å². The zero-order chi connectivity index (χ0) is 30.5. The van der Waals surface area contributed by atoms with Gasteiger partial charge in [-0.1, -0.05) is 37.3 Å². The van der Waals surface area contributed by atoms with Crippen molar-refractivity contribution in [2.24, 2.45) is 11.8 Å². The van der Waals surface area contributed by atoms with E-state index in [-0.39, 0.29) is 11.8 Å². The molecule has 4 rings (SSSR count). The van der Waals surface area contributed by atoms with Gasteiger partial charge in [-0.3, -0.25) is 0 Å². The lowest BCUT2D eigenvalue weighted by atomic mass is 9.91. The molecule has 2 heterocycles. The number of ether oxygens (including phenoxy) is 7. The van der Waals surface area contributed by atoms with Crippen LogP contribution in [0.1, 0.15) is 71.1 Å². The van der Waals surface area contributed by atoms with E-state index in [0.717, 1.165) is 44.9 Å². The Hall–Kier alpha value is -2.49. The van der Waals surface area contributed by atoms with Crippen LogP contribution in [0.5, 0.6) is 5.75 Å². The number of hydrogen-bond donors (Lipinski definition) is 1. The highest BCUT2D eigenvalue weighted by Gasteiger charge is 2.65. The van der Waals surface area contributed by atoms with Crippen LogP contribution in [0.3, 0.4) is 0 Å². The number of allylic oxidation sites excluding steroid dienone is 2. The molecule has 2 saturated heterocycles. The molecule has 1 saturated carbocycles. The number of esters is 1. The second-order valence-corrected chi connectivity index (χ2v) is 11.3. The van der Waals surface area contributed by atoms with Crippen LogP contribution >= 0.6 is 0 Å². The highest BCUT2D eigenvalue weighted by molar-refractivity contribution is 5.80. The second-order valence-electron chi connectivity index (χ2n) is 11.3. The topological polar surface area (TPSA) is 102 Å². The van der Waals surface area contributed by atoms with Gasteiger partial charge in [0, 0.05) is 26.4 Å². The van der Waals surface area contributed by atoms with Crippen molar-refractivity contribution in [3.8, 4) is 5.75 Å². The molecule has 238 valence electrons. The molecule has 3 unspecified atom stereocenters. The van der Waals surface area contributed by atoms with Crippen molar-refractivity contribution in [1.82, 2.24) is 0 Å². The highest BCUT2D eigenvalue weighted by Crippen LogP contribution is 2.41. The first kappa shape index (κ1) is 33.4. The third-order valence-corrected chi connectivity index (χ3v) is 8.33. The largest absolute Gasteiger partial charge is 0.464 e. The van der Waals surface area contributed by atoms with Crippen LogP contribution in [0, 0.1) is 11.8 Å². The molecule has 0 aromatic heterocycles.